The molecule has 1 heterocycles. The predicted octanol–water partition coefficient (Wildman–Crippen LogP) is 9.31. The van der Waals surface area contributed by atoms with Gasteiger partial charge in [0.25, 0.3) is 0 Å². The molecule has 0 fully saturated rings. The summed E-state index contributed by atoms with van der Waals surface area (Å²) in [6.07, 6.45) is 12.9. The molecule has 3 aromatic carbocycles. The molecule has 0 amide bonds. The zero-order valence-electron chi connectivity index (χ0n) is 24.3. The van der Waals surface area contributed by atoms with Gasteiger partial charge in [0.2, 0.25) is 0 Å². The van der Waals surface area contributed by atoms with E-state index in [0.717, 1.165) is 98.7 Å². The van der Waals surface area contributed by atoms with Gasteiger partial charge in [-0.2, -0.15) is 0 Å². The standard InChI is InChI=1S/C36H46N2O/c1-4-7-11-18-31-25-33-34(26-32(36(31)39)19-12-8-5-2)38(35(37-33)20-13-9-6-3)27-28-21-23-30(24-22-28)29-16-14-10-15-17-29/h10,14-17,21-26H,4-9,11-13,18-20,27H2,1-3H3. The molecule has 4 aromatic rings. The largest absolute Gasteiger partial charge is 0.323 e. The minimum atomic E-state index is 0.242. The fraction of sp³-hybridized carbons (Fsp3) is 0.444. The monoisotopic (exact) mass is 522 g/mol. The third-order valence-electron chi connectivity index (χ3n) is 7.82. The Morgan fingerprint density at radius 3 is 1.82 bits per heavy atom. The third-order valence-corrected chi connectivity index (χ3v) is 7.82. The summed E-state index contributed by atoms with van der Waals surface area (Å²) in [5, 5.41) is 0. The molecule has 3 heteroatoms. The van der Waals surface area contributed by atoms with Crippen molar-refractivity contribution in [3.8, 4) is 11.1 Å². The SMILES string of the molecule is CCCCCc1cc2nc(CCCCC)n(Cc3ccc(-c4ccccc4)cc3)c2cc(CCCCC)c1=O. The molecule has 0 bridgehead atoms. The van der Waals surface area contributed by atoms with E-state index in [1.165, 1.54) is 29.5 Å². The third kappa shape index (κ3) is 7.68. The summed E-state index contributed by atoms with van der Waals surface area (Å²) in [5.41, 5.74) is 7.97. The van der Waals surface area contributed by atoms with Crippen LogP contribution in [0.4, 0.5) is 0 Å². The van der Waals surface area contributed by atoms with Crippen LogP contribution < -0.4 is 5.43 Å². The lowest BCUT2D eigenvalue weighted by Gasteiger charge is -2.11. The van der Waals surface area contributed by atoms with Crippen molar-refractivity contribution in [1.29, 1.82) is 0 Å². The van der Waals surface area contributed by atoms with Crippen LogP contribution in [0.15, 0.2) is 71.5 Å². The maximum absolute atomic E-state index is 13.7. The molecule has 0 spiro atoms. The lowest BCUT2D eigenvalue weighted by atomic mass is 10.0. The van der Waals surface area contributed by atoms with Crippen LogP contribution >= 0.6 is 0 Å². The molecule has 0 radical (unpaired) electrons. The first-order valence-electron chi connectivity index (χ1n) is 15.3. The van der Waals surface area contributed by atoms with E-state index in [1.54, 1.807) is 0 Å². The van der Waals surface area contributed by atoms with E-state index in [1.807, 2.05) is 0 Å². The van der Waals surface area contributed by atoms with Crippen molar-refractivity contribution in [2.45, 2.75) is 104 Å². The van der Waals surface area contributed by atoms with Crippen molar-refractivity contribution in [3.63, 3.8) is 0 Å². The van der Waals surface area contributed by atoms with E-state index in [9.17, 15) is 4.79 Å². The highest BCUT2D eigenvalue weighted by molar-refractivity contribution is 5.77. The molecule has 0 unspecified atom stereocenters. The smallest absolute Gasteiger partial charge is 0.185 e. The quantitative estimate of drug-likeness (QED) is 0.146. The van der Waals surface area contributed by atoms with Crippen LogP contribution in [0.2, 0.25) is 0 Å². The average Bonchev–Trinajstić information content (AvgIpc) is 3.20. The van der Waals surface area contributed by atoms with E-state index < -0.39 is 0 Å². The van der Waals surface area contributed by atoms with Gasteiger partial charge in [0.15, 0.2) is 5.43 Å². The van der Waals surface area contributed by atoms with Crippen LogP contribution in [-0.2, 0) is 25.8 Å². The second kappa shape index (κ2) is 14.8. The number of aryl methyl sites for hydroxylation is 3. The molecule has 4 rings (SSSR count). The van der Waals surface area contributed by atoms with E-state index in [0.29, 0.717) is 0 Å². The zero-order chi connectivity index (χ0) is 27.5. The highest BCUT2D eigenvalue weighted by Gasteiger charge is 2.15. The summed E-state index contributed by atoms with van der Waals surface area (Å²) >= 11 is 0. The van der Waals surface area contributed by atoms with Crippen molar-refractivity contribution < 1.29 is 0 Å². The van der Waals surface area contributed by atoms with E-state index in [-0.39, 0.29) is 5.43 Å². The summed E-state index contributed by atoms with van der Waals surface area (Å²) < 4.78 is 2.39. The molecule has 0 N–H and O–H groups in total. The van der Waals surface area contributed by atoms with Gasteiger partial charge in [-0.1, -0.05) is 114 Å². The molecule has 1 aromatic heterocycles. The van der Waals surface area contributed by atoms with Crippen molar-refractivity contribution in [1.82, 2.24) is 9.55 Å². The summed E-state index contributed by atoms with van der Waals surface area (Å²) in [6.45, 7) is 7.45. The number of nitrogens with zero attached hydrogens (tertiary/aromatic N) is 2. The van der Waals surface area contributed by atoms with Gasteiger partial charge < -0.3 is 4.57 Å². The van der Waals surface area contributed by atoms with Crippen LogP contribution in [0, 0.1) is 0 Å². The van der Waals surface area contributed by atoms with Crippen LogP contribution in [0.3, 0.4) is 0 Å². The van der Waals surface area contributed by atoms with Crippen LogP contribution in [0.25, 0.3) is 22.2 Å². The number of aromatic nitrogens is 2. The van der Waals surface area contributed by atoms with Crippen molar-refractivity contribution >= 4 is 11.0 Å². The van der Waals surface area contributed by atoms with Crippen LogP contribution in [0.5, 0.6) is 0 Å². The normalized spacial score (nSPS) is 11.4. The fourth-order valence-electron chi connectivity index (χ4n) is 5.48. The lowest BCUT2D eigenvalue weighted by Crippen LogP contribution is -2.12. The van der Waals surface area contributed by atoms with Gasteiger partial charge in [-0.3, -0.25) is 4.79 Å². The Balaban J connectivity index is 1.76. The molecule has 0 saturated heterocycles. The average molecular weight is 523 g/mol. The maximum atomic E-state index is 13.7. The van der Waals surface area contributed by atoms with Gasteiger partial charge in [-0.15, -0.1) is 0 Å². The second-order valence-corrected chi connectivity index (χ2v) is 11.0. The number of imidazole rings is 1. The molecular weight excluding hydrogens is 476 g/mol. The highest BCUT2D eigenvalue weighted by Crippen LogP contribution is 2.24. The molecule has 0 aliphatic heterocycles. The van der Waals surface area contributed by atoms with Gasteiger partial charge in [0, 0.05) is 24.1 Å². The van der Waals surface area contributed by atoms with Crippen molar-refractivity contribution in [2.24, 2.45) is 0 Å². The summed E-state index contributed by atoms with van der Waals surface area (Å²) in [4.78, 5) is 18.8. The Morgan fingerprint density at radius 1 is 0.641 bits per heavy atom. The van der Waals surface area contributed by atoms with Crippen molar-refractivity contribution in [2.75, 3.05) is 0 Å². The minimum Gasteiger partial charge on any atom is -0.323 e. The molecular formula is C36H46N2O. The van der Waals surface area contributed by atoms with Gasteiger partial charge in [0.05, 0.1) is 11.0 Å². The molecule has 0 aliphatic rings. The predicted molar refractivity (Wildman–Crippen MR) is 167 cm³/mol. The number of rotatable bonds is 15. The highest BCUT2D eigenvalue weighted by atomic mass is 16.1. The van der Waals surface area contributed by atoms with Gasteiger partial charge in [-0.05, 0) is 60.9 Å². The maximum Gasteiger partial charge on any atom is 0.185 e. The first-order valence-corrected chi connectivity index (χ1v) is 15.3. The van der Waals surface area contributed by atoms with Crippen molar-refractivity contribution in [3.05, 3.63) is 99.5 Å². The Labute approximate surface area is 235 Å². The van der Waals surface area contributed by atoms with Gasteiger partial charge >= 0.3 is 0 Å². The van der Waals surface area contributed by atoms with E-state index in [4.69, 9.17) is 4.98 Å². The first-order chi connectivity index (χ1) is 19.1. The van der Waals surface area contributed by atoms with Crippen LogP contribution in [0.1, 0.15) is 101 Å². The minimum absolute atomic E-state index is 0.242. The van der Waals surface area contributed by atoms with Gasteiger partial charge in [0.1, 0.15) is 5.82 Å². The number of unbranched alkanes of at least 4 members (excludes halogenated alkanes) is 6. The molecule has 39 heavy (non-hydrogen) atoms. The van der Waals surface area contributed by atoms with Crippen LogP contribution in [-0.4, -0.2) is 9.55 Å². The van der Waals surface area contributed by atoms with E-state index in [2.05, 4.69) is 92.1 Å². The fourth-order valence-corrected chi connectivity index (χ4v) is 5.48. The topological polar surface area (TPSA) is 34.9 Å². The Bertz CT molecular complexity index is 1370. The summed E-state index contributed by atoms with van der Waals surface area (Å²) in [6, 6.07) is 23.8. The molecule has 0 aliphatic carbocycles. The van der Waals surface area contributed by atoms with Gasteiger partial charge in [-0.25, -0.2) is 4.98 Å². The molecule has 0 saturated carbocycles. The van der Waals surface area contributed by atoms with E-state index >= 15 is 0 Å². The summed E-state index contributed by atoms with van der Waals surface area (Å²) in [5.74, 6) is 1.14. The lowest BCUT2D eigenvalue weighted by molar-refractivity contribution is 0.659. The number of hydrogen-bond acceptors (Lipinski definition) is 2. The number of hydrogen-bond donors (Lipinski definition) is 0. The molecule has 206 valence electrons. The number of fused-ring (bicyclic) bond motifs is 1. The zero-order valence-corrected chi connectivity index (χ0v) is 24.3. The summed E-state index contributed by atoms with van der Waals surface area (Å²) in [7, 11) is 0. The Morgan fingerprint density at radius 2 is 1.21 bits per heavy atom. The Kier molecular flexibility index (Phi) is 10.9. The first kappa shape index (κ1) is 28.8. The second-order valence-electron chi connectivity index (χ2n) is 11.0. The number of benzene rings is 2. The molecule has 0 atom stereocenters. The molecule has 3 nitrogen and oxygen atoms in total. The Hall–Kier alpha value is -3.20.